The van der Waals surface area contributed by atoms with Crippen molar-refractivity contribution in [3.8, 4) is 5.88 Å². The molecule has 6 heteroatoms. The first kappa shape index (κ1) is 14.3. The van der Waals surface area contributed by atoms with E-state index in [1.165, 1.54) is 31.6 Å². The Balaban J connectivity index is 0.000000191. The lowest BCUT2D eigenvalue weighted by atomic mass is 10.3. The van der Waals surface area contributed by atoms with Crippen molar-refractivity contribution < 1.29 is 14.3 Å². The summed E-state index contributed by atoms with van der Waals surface area (Å²) in [6, 6.07) is 6.07. The minimum atomic E-state index is -0.194. The van der Waals surface area contributed by atoms with Crippen molar-refractivity contribution in [1.29, 1.82) is 0 Å². The van der Waals surface area contributed by atoms with Crippen LogP contribution >= 0.6 is 0 Å². The average molecular weight is 260 g/mol. The molecule has 0 spiro atoms. The number of methoxy groups -OCH3 is 1. The lowest BCUT2D eigenvalue weighted by Crippen LogP contribution is -2.01. The minimum absolute atomic E-state index is 0.194. The zero-order valence-electron chi connectivity index (χ0n) is 10.2. The van der Waals surface area contributed by atoms with Crippen molar-refractivity contribution in [3.63, 3.8) is 0 Å². The van der Waals surface area contributed by atoms with Crippen LogP contribution < -0.4 is 10.3 Å². The van der Waals surface area contributed by atoms with E-state index >= 15 is 0 Å². The lowest BCUT2D eigenvalue weighted by Gasteiger charge is -1.95. The van der Waals surface area contributed by atoms with E-state index in [1.54, 1.807) is 12.1 Å². The third kappa shape index (κ3) is 4.95. The molecule has 0 aromatic carbocycles. The van der Waals surface area contributed by atoms with Crippen molar-refractivity contribution >= 4 is 12.6 Å². The summed E-state index contributed by atoms with van der Waals surface area (Å²) in [6.45, 7) is 0. The molecule has 0 fully saturated rings. The molecule has 0 radical (unpaired) electrons. The summed E-state index contributed by atoms with van der Waals surface area (Å²) in [5.74, 6) is 0.519. The van der Waals surface area contributed by atoms with Crippen molar-refractivity contribution in [2.24, 2.45) is 0 Å². The predicted molar refractivity (Wildman–Crippen MR) is 68.6 cm³/mol. The molecule has 19 heavy (non-hydrogen) atoms. The number of rotatable bonds is 3. The number of nitrogens with zero attached hydrogens (tertiary/aromatic N) is 1. The molecule has 0 saturated carbocycles. The third-order valence-corrected chi connectivity index (χ3v) is 2.05. The van der Waals surface area contributed by atoms with Crippen molar-refractivity contribution in [3.05, 3.63) is 58.1 Å². The number of hydrogen-bond donors (Lipinski definition) is 1. The van der Waals surface area contributed by atoms with Gasteiger partial charge < -0.3 is 9.72 Å². The molecule has 2 rings (SSSR count). The van der Waals surface area contributed by atoms with Gasteiger partial charge in [0.25, 0.3) is 0 Å². The van der Waals surface area contributed by atoms with Crippen molar-refractivity contribution in [1.82, 2.24) is 9.97 Å². The third-order valence-electron chi connectivity index (χ3n) is 2.05. The Labute approximate surface area is 109 Å². The van der Waals surface area contributed by atoms with E-state index in [4.69, 9.17) is 4.74 Å². The zero-order chi connectivity index (χ0) is 14.1. The van der Waals surface area contributed by atoms with Gasteiger partial charge in [-0.2, -0.15) is 0 Å². The minimum Gasteiger partial charge on any atom is -0.481 e. The molecular weight excluding hydrogens is 248 g/mol. The highest BCUT2D eigenvalue weighted by molar-refractivity contribution is 5.74. The highest BCUT2D eigenvalue weighted by atomic mass is 16.5. The summed E-state index contributed by atoms with van der Waals surface area (Å²) in [5, 5.41) is 0. The van der Waals surface area contributed by atoms with E-state index in [2.05, 4.69) is 9.97 Å². The van der Waals surface area contributed by atoms with Gasteiger partial charge in [0.1, 0.15) is 0 Å². The van der Waals surface area contributed by atoms with E-state index in [0.717, 1.165) is 6.29 Å². The predicted octanol–water partition coefficient (Wildman–Crippen LogP) is 1.09. The Bertz CT molecular complexity index is 570. The number of aromatic nitrogens is 2. The number of aldehydes is 2. The Hall–Kier alpha value is -2.76. The van der Waals surface area contributed by atoms with Crippen LogP contribution in [0.15, 0.2) is 41.5 Å². The number of nitrogens with one attached hydrogen (secondary N) is 1. The molecule has 0 bridgehead atoms. The second-order valence-corrected chi connectivity index (χ2v) is 3.36. The number of pyridine rings is 2. The normalized spacial score (nSPS) is 8.89. The molecule has 1 N–H and O–H groups in total. The van der Waals surface area contributed by atoms with Gasteiger partial charge in [-0.1, -0.05) is 0 Å². The molecule has 98 valence electrons. The van der Waals surface area contributed by atoms with E-state index in [0.29, 0.717) is 23.3 Å². The summed E-state index contributed by atoms with van der Waals surface area (Å²) >= 11 is 0. The summed E-state index contributed by atoms with van der Waals surface area (Å²) in [5.41, 5.74) is 0.844. The Morgan fingerprint density at radius 2 is 1.79 bits per heavy atom. The quantitative estimate of drug-likeness (QED) is 0.834. The van der Waals surface area contributed by atoms with Gasteiger partial charge in [-0.05, 0) is 12.1 Å². The fourth-order valence-electron chi connectivity index (χ4n) is 1.08. The first-order valence-corrected chi connectivity index (χ1v) is 5.28. The summed E-state index contributed by atoms with van der Waals surface area (Å²) < 4.78 is 4.79. The van der Waals surface area contributed by atoms with Crippen LogP contribution in [0, 0.1) is 0 Å². The van der Waals surface area contributed by atoms with Crippen LogP contribution in [0.5, 0.6) is 5.88 Å². The van der Waals surface area contributed by atoms with Crippen LogP contribution in [0.2, 0.25) is 0 Å². The highest BCUT2D eigenvalue weighted by Crippen LogP contribution is 2.03. The number of aromatic amines is 1. The van der Waals surface area contributed by atoms with E-state index in [1.807, 2.05) is 0 Å². The second kappa shape index (κ2) is 7.54. The van der Waals surface area contributed by atoms with Gasteiger partial charge in [0, 0.05) is 35.7 Å². The van der Waals surface area contributed by atoms with Gasteiger partial charge in [-0.15, -0.1) is 0 Å². The fourth-order valence-corrected chi connectivity index (χ4v) is 1.08. The largest absolute Gasteiger partial charge is 0.481 e. The number of ether oxygens (including phenoxy) is 1. The van der Waals surface area contributed by atoms with Crippen LogP contribution in [-0.4, -0.2) is 29.7 Å². The molecule has 0 aliphatic rings. The first-order valence-electron chi connectivity index (χ1n) is 5.28. The standard InChI is InChI=1S/C7H7NO2.C6H5NO2/c1-10-7-3-2-6(5-9)4-8-7;8-4-5-1-2-6(9)7-3-5/h2-5H,1H3;1-4H,(H,7,9). The van der Waals surface area contributed by atoms with E-state index < -0.39 is 0 Å². The number of carbonyl (C=O) groups is 2. The van der Waals surface area contributed by atoms with Crippen LogP contribution in [0.4, 0.5) is 0 Å². The molecular formula is C13H12N2O4. The van der Waals surface area contributed by atoms with Crippen LogP contribution in [0.3, 0.4) is 0 Å². The molecule has 0 unspecified atom stereocenters. The second-order valence-electron chi connectivity index (χ2n) is 3.36. The topological polar surface area (TPSA) is 89.1 Å². The van der Waals surface area contributed by atoms with E-state index in [-0.39, 0.29) is 5.56 Å². The molecule has 0 atom stereocenters. The fraction of sp³-hybridized carbons (Fsp3) is 0.0769. The average Bonchev–Trinajstić information content (AvgIpc) is 2.49. The maximum atomic E-state index is 10.4. The monoisotopic (exact) mass is 260 g/mol. The van der Waals surface area contributed by atoms with Crippen molar-refractivity contribution in [2.45, 2.75) is 0 Å². The van der Waals surface area contributed by atoms with Crippen molar-refractivity contribution in [2.75, 3.05) is 7.11 Å². The molecule has 2 aromatic heterocycles. The zero-order valence-corrected chi connectivity index (χ0v) is 10.2. The van der Waals surface area contributed by atoms with Gasteiger partial charge in [0.05, 0.1) is 7.11 Å². The smallest absolute Gasteiger partial charge is 0.247 e. The number of H-pyrrole nitrogens is 1. The highest BCUT2D eigenvalue weighted by Gasteiger charge is 1.91. The summed E-state index contributed by atoms with van der Waals surface area (Å²) in [4.78, 5) is 36.7. The van der Waals surface area contributed by atoms with Crippen LogP contribution in [-0.2, 0) is 0 Å². The molecule has 2 aromatic rings. The van der Waals surface area contributed by atoms with E-state index in [9.17, 15) is 14.4 Å². The molecule has 0 amide bonds. The lowest BCUT2D eigenvalue weighted by molar-refractivity contribution is 0.111. The van der Waals surface area contributed by atoms with Gasteiger partial charge in [0.15, 0.2) is 12.6 Å². The maximum absolute atomic E-state index is 10.4. The molecule has 0 saturated heterocycles. The number of carbonyl (C=O) groups excluding carboxylic acids is 2. The Morgan fingerprint density at radius 1 is 1.11 bits per heavy atom. The Morgan fingerprint density at radius 3 is 2.21 bits per heavy atom. The van der Waals surface area contributed by atoms with Gasteiger partial charge in [-0.25, -0.2) is 4.98 Å². The SMILES string of the molecule is COc1ccc(C=O)cn1.O=Cc1ccc(=O)[nH]c1. The van der Waals surface area contributed by atoms with Gasteiger partial charge in [-0.3, -0.25) is 14.4 Å². The molecule has 2 heterocycles. The summed E-state index contributed by atoms with van der Waals surface area (Å²) in [7, 11) is 1.53. The van der Waals surface area contributed by atoms with Crippen LogP contribution in [0.25, 0.3) is 0 Å². The maximum Gasteiger partial charge on any atom is 0.247 e. The van der Waals surface area contributed by atoms with Gasteiger partial charge in [0.2, 0.25) is 11.4 Å². The van der Waals surface area contributed by atoms with Gasteiger partial charge >= 0.3 is 0 Å². The molecule has 0 aliphatic carbocycles. The molecule has 0 aliphatic heterocycles. The Kier molecular flexibility index (Phi) is 5.68. The first-order chi connectivity index (χ1) is 9.19. The summed E-state index contributed by atoms with van der Waals surface area (Å²) in [6.07, 6.45) is 4.25. The number of hydrogen-bond acceptors (Lipinski definition) is 5. The van der Waals surface area contributed by atoms with Crippen LogP contribution in [0.1, 0.15) is 20.7 Å². The molecule has 6 nitrogen and oxygen atoms in total.